The molecule has 2 aliphatic rings. The van der Waals surface area contributed by atoms with Crippen LogP contribution in [0.5, 0.6) is 5.75 Å². The number of anilines is 1. The molecule has 7 nitrogen and oxygen atoms in total. The first kappa shape index (κ1) is 18.1. The zero-order valence-corrected chi connectivity index (χ0v) is 15.7. The van der Waals surface area contributed by atoms with Crippen LogP contribution >= 0.6 is 0 Å². The van der Waals surface area contributed by atoms with Crippen LogP contribution in [0.4, 0.5) is 14.6 Å². The van der Waals surface area contributed by atoms with Crippen molar-refractivity contribution in [2.75, 3.05) is 11.9 Å². The van der Waals surface area contributed by atoms with Crippen molar-refractivity contribution in [3.05, 3.63) is 42.7 Å². The fraction of sp³-hybridized carbons (Fsp3) is 0.350. The molecule has 29 heavy (non-hydrogen) atoms. The second-order valence-corrected chi connectivity index (χ2v) is 7.66. The van der Waals surface area contributed by atoms with Crippen molar-refractivity contribution in [1.82, 2.24) is 25.8 Å². The third-order valence-corrected chi connectivity index (χ3v) is 5.72. The zero-order chi connectivity index (χ0) is 20.2. The van der Waals surface area contributed by atoms with Crippen molar-refractivity contribution in [1.29, 1.82) is 0 Å². The molecule has 150 valence electrons. The van der Waals surface area contributed by atoms with Crippen LogP contribution in [0.15, 0.2) is 42.7 Å². The van der Waals surface area contributed by atoms with Crippen molar-refractivity contribution in [2.45, 2.75) is 37.1 Å². The topological polar surface area (TPSA) is 86.2 Å². The number of alkyl halides is 2. The van der Waals surface area contributed by atoms with Gasteiger partial charge in [-0.15, -0.1) is 10.2 Å². The number of rotatable bonds is 3. The minimum absolute atomic E-state index is 0.109. The number of pyridine rings is 1. The standard InChI is InChI=1S/C20H20F2N6O/c1-28(18-8-13-9-20(21,22)19(24-13)25-18)17-3-2-15(26-27-17)14-6-12-10-23-5-4-11(12)7-16(14)29/h2-7,10,13,18-19,24-25,29H,8-9H2,1H3/t13?,18-,19?/m1/s1. The van der Waals surface area contributed by atoms with Crippen LogP contribution in [0.25, 0.3) is 22.0 Å². The van der Waals surface area contributed by atoms with Crippen molar-refractivity contribution >= 4 is 16.6 Å². The lowest BCUT2D eigenvalue weighted by atomic mass is 10.1. The fourth-order valence-electron chi connectivity index (χ4n) is 4.13. The van der Waals surface area contributed by atoms with Gasteiger partial charge in [0.15, 0.2) is 5.82 Å². The largest absolute Gasteiger partial charge is 0.507 e. The van der Waals surface area contributed by atoms with E-state index in [0.717, 1.165) is 10.8 Å². The van der Waals surface area contributed by atoms with E-state index in [1.165, 1.54) is 0 Å². The van der Waals surface area contributed by atoms with E-state index in [4.69, 9.17) is 0 Å². The Morgan fingerprint density at radius 3 is 2.76 bits per heavy atom. The van der Waals surface area contributed by atoms with E-state index in [9.17, 15) is 13.9 Å². The molecule has 3 atom stereocenters. The Morgan fingerprint density at radius 2 is 2.00 bits per heavy atom. The van der Waals surface area contributed by atoms with Gasteiger partial charge in [0.1, 0.15) is 11.9 Å². The van der Waals surface area contributed by atoms with E-state index >= 15 is 0 Å². The average Bonchev–Trinajstić information content (AvgIpc) is 2.93. The summed E-state index contributed by atoms with van der Waals surface area (Å²) in [5, 5.41) is 26.5. The molecule has 4 heterocycles. The molecule has 2 fully saturated rings. The maximum Gasteiger partial charge on any atom is 0.277 e. The number of fused-ring (bicyclic) bond motifs is 3. The molecule has 9 heteroatoms. The highest BCUT2D eigenvalue weighted by molar-refractivity contribution is 5.89. The first-order valence-corrected chi connectivity index (χ1v) is 9.44. The summed E-state index contributed by atoms with van der Waals surface area (Å²) in [5.74, 6) is -2.08. The van der Waals surface area contributed by atoms with Gasteiger partial charge < -0.3 is 10.0 Å². The minimum atomic E-state index is -2.75. The van der Waals surface area contributed by atoms with E-state index in [2.05, 4.69) is 25.8 Å². The molecular weight excluding hydrogens is 378 g/mol. The average molecular weight is 398 g/mol. The fourth-order valence-corrected chi connectivity index (χ4v) is 4.13. The molecule has 0 spiro atoms. The smallest absolute Gasteiger partial charge is 0.277 e. The highest BCUT2D eigenvalue weighted by Crippen LogP contribution is 2.36. The number of hydrogen-bond acceptors (Lipinski definition) is 7. The van der Waals surface area contributed by atoms with Gasteiger partial charge in [0.25, 0.3) is 5.92 Å². The summed E-state index contributed by atoms with van der Waals surface area (Å²) >= 11 is 0. The number of hydrogen-bond donors (Lipinski definition) is 3. The van der Waals surface area contributed by atoms with Crippen molar-refractivity contribution in [3.8, 4) is 17.0 Å². The summed E-state index contributed by atoms with van der Waals surface area (Å²) < 4.78 is 27.9. The second-order valence-electron chi connectivity index (χ2n) is 7.66. The Balaban J connectivity index is 1.39. The second kappa shape index (κ2) is 6.57. The lowest BCUT2D eigenvalue weighted by molar-refractivity contribution is -0.0219. The van der Waals surface area contributed by atoms with E-state index in [1.807, 2.05) is 24.1 Å². The summed E-state index contributed by atoms with van der Waals surface area (Å²) in [6.45, 7) is 0. The predicted molar refractivity (Wildman–Crippen MR) is 105 cm³/mol. The Bertz CT molecular complexity index is 1060. The Hall–Kier alpha value is -2.91. The predicted octanol–water partition coefficient (Wildman–Crippen LogP) is 2.48. The number of benzene rings is 1. The van der Waals surface area contributed by atoms with E-state index in [0.29, 0.717) is 23.5 Å². The van der Waals surface area contributed by atoms with Crippen LogP contribution in [0.1, 0.15) is 12.8 Å². The molecule has 3 N–H and O–H groups in total. The Labute approximate surface area is 165 Å². The van der Waals surface area contributed by atoms with Gasteiger partial charge in [-0.05, 0) is 42.1 Å². The number of nitrogens with zero attached hydrogens (tertiary/aromatic N) is 4. The molecule has 1 aromatic carbocycles. The summed E-state index contributed by atoms with van der Waals surface area (Å²) in [7, 11) is 1.81. The number of aromatic hydroxyl groups is 1. The van der Waals surface area contributed by atoms with Crippen LogP contribution < -0.4 is 15.5 Å². The molecule has 3 aromatic rings. The quantitative estimate of drug-likeness (QED) is 0.625. The van der Waals surface area contributed by atoms with Gasteiger partial charge in [0.05, 0.1) is 11.9 Å². The lowest BCUT2D eigenvalue weighted by Gasteiger charge is -2.37. The van der Waals surface area contributed by atoms with Crippen molar-refractivity contribution in [3.63, 3.8) is 0 Å². The number of halogens is 2. The third kappa shape index (κ3) is 3.16. The first-order valence-electron chi connectivity index (χ1n) is 9.44. The van der Waals surface area contributed by atoms with Gasteiger partial charge in [-0.25, -0.2) is 8.78 Å². The molecule has 0 aliphatic carbocycles. The van der Waals surface area contributed by atoms with Crippen molar-refractivity contribution in [2.24, 2.45) is 0 Å². The summed E-state index contributed by atoms with van der Waals surface area (Å²) in [4.78, 5) is 5.93. The van der Waals surface area contributed by atoms with E-state index in [1.54, 1.807) is 30.6 Å². The van der Waals surface area contributed by atoms with Gasteiger partial charge in [-0.3, -0.25) is 15.6 Å². The number of phenols is 1. The molecule has 0 radical (unpaired) electrons. The van der Waals surface area contributed by atoms with Crippen LogP contribution in [0, 0.1) is 0 Å². The number of aromatic nitrogens is 3. The summed E-state index contributed by atoms with van der Waals surface area (Å²) in [6.07, 6.45) is 2.49. The van der Waals surface area contributed by atoms with Crippen molar-refractivity contribution < 1.29 is 13.9 Å². The van der Waals surface area contributed by atoms with Gasteiger partial charge in [-0.1, -0.05) is 0 Å². The molecule has 0 saturated carbocycles. The number of nitrogens with one attached hydrogen (secondary N) is 2. The van der Waals surface area contributed by atoms with Gasteiger partial charge in [0.2, 0.25) is 0 Å². The van der Waals surface area contributed by atoms with Crippen LogP contribution in [-0.2, 0) is 0 Å². The maximum absolute atomic E-state index is 13.9. The highest BCUT2D eigenvalue weighted by atomic mass is 19.3. The summed E-state index contributed by atoms with van der Waals surface area (Å²) in [5.41, 5.74) is 1.08. The minimum Gasteiger partial charge on any atom is -0.507 e. The monoisotopic (exact) mass is 398 g/mol. The molecule has 2 aliphatic heterocycles. The molecule has 2 unspecified atom stereocenters. The Kier molecular flexibility index (Phi) is 4.11. The molecule has 2 aromatic heterocycles. The van der Waals surface area contributed by atoms with E-state index < -0.39 is 12.1 Å². The zero-order valence-electron chi connectivity index (χ0n) is 15.7. The number of phenolic OH excluding ortho intramolecular Hbond substituents is 1. The SMILES string of the molecule is CN(c1ccc(-c2cc3cnccc3cc2O)nn1)[C@@H]1CC2CC(F)(F)C(N2)N1. The Morgan fingerprint density at radius 1 is 1.14 bits per heavy atom. The van der Waals surface area contributed by atoms with Crippen LogP contribution in [0.3, 0.4) is 0 Å². The first-order chi connectivity index (χ1) is 13.9. The lowest BCUT2D eigenvalue weighted by Crippen LogP contribution is -2.61. The maximum atomic E-state index is 13.9. The molecular formula is C20H20F2N6O. The van der Waals surface area contributed by atoms with Crippen LogP contribution in [-0.4, -0.2) is 51.6 Å². The van der Waals surface area contributed by atoms with Gasteiger partial charge in [-0.2, -0.15) is 0 Å². The summed E-state index contributed by atoms with van der Waals surface area (Å²) in [6, 6.07) is 8.63. The molecule has 2 bridgehead atoms. The highest BCUT2D eigenvalue weighted by Gasteiger charge is 2.53. The van der Waals surface area contributed by atoms with Gasteiger partial charge >= 0.3 is 0 Å². The molecule has 2 saturated heterocycles. The molecule has 5 rings (SSSR count). The third-order valence-electron chi connectivity index (χ3n) is 5.72. The van der Waals surface area contributed by atoms with Gasteiger partial charge in [0, 0.05) is 42.9 Å². The normalized spacial score (nSPS) is 25.3. The van der Waals surface area contributed by atoms with Crippen LogP contribution in [0.2, 0.25) is 0 Å². The van der Waals surface area contributed by atoms with E-state index in [-0.39, 0.29) is 24.4 Å². The molecule has 0 amide bonds.